The Bertz CT molecular complexity index is 1350. The van der Waals surface area contributed by atoms with Crippen LogP contribution in [-0.2, 0) is 11.3 Å². The van der Waals surface area contributed by atoms with Crippen LogP contribution in [0.15, 0.2) is 35.8 Å². The van der Waals surface area contributed by atoms with E-state index in [1.807, 2.05) is 52.1 Å². The van der Waals surface area contributed by atoms with Gasteiger partial charge in [0, 0.05) is 42.2 Å². The molecular formula is C27H31ClN6O3S. The van der Waals surface area contributed by atoms with E-state index in [9.17, 15) is 9.59 Å². The number of nitriles is 1. The van der Waals surface area contributed by atoms with Crippen LogP contribution in [-0.4, -0.2) is 56.4 Å². The molecule has 1 aromatic carbocycles. The summed E-state index contributed by atoms with van der Waals surface area (Å²) in [5.41, 5.74) is 1.86. The highest BCUT2D eigenvalue weighted by molar-refractivity contribution is 7.09. The summed E-state index contributed by atoms with van der Waals surface area (Å²) in [6.45, 7) is 9.20. The molecule has 38 heavy (non-hydrogen) atoms. The lowest BCUT2D eigenvalue weighted by molar-refractivity contribution is 0.0204. The Morgan fingerprint density at radius 1 is 1.29 bits per heavy atom. The lowest BCUT2D eigenvalue weighted by Crippen LogP contribution is -2.41. The van der Waals surface area contributed by atoms with Crippen molar-refractivity contribution in [1.29, 1.82) is 5.26 Å². The van der Waals surface area contributed by atoms with Gasteiger partial charge < -0.3 is 15.0 Å². The van der Waals surface area contributed by atoms with Gasteiger partial charge >= 0.3 is 6.09 Å². The summed E-state index contributed by atoms with van der Waals surface area (Å²) in [4.78, 5) is 31.5. The Hall–Kier alpha value is -3.42. The summed E-state index contributed by atoms with van der Waals surface area (Å²) in [5, 5.41) is 19.7. The number of rotatable bonds is 6. The molecule has 0 saturated carbocycles. The first-order valence-electron chi connectivity index (χ1n) is 12.5. The molecule has 3 heterocycles. The Kier molecular flexibility index (Phi) is 8.38. The molecule has 1 aliphatic rings. The fraction of sp³-hybridized carbons (Fsp3) is 0.444. The third-order valence-corrected chi connectivity index (χ3v) is 7.43. The van der Waals surface area contributed by atoms with Crippen LogP contribution in [0.4, 0.5) is 4.79 Å². The fourth-order valence-electron chi connectivity index (χ4n) is 4.22. The number of carbonyl (C=O) groups excluding carboxylic acids is 2. The zero-order chi connectivity index (χ0) is 27.4. The normalized spacial score (nSPS) is 15.1. The van der Waals surface area contributed by atoms with Crippen molar-refractivity contribution >= 4 is 34.9 Å². The molecule has 2 amide bonds. The lowest BCUT2D eigenvalue weighted by Gasteiger charge is -2.32. The number of halogens is 1. The number of thiazole rings is 1. The predicted octanol–water partition coefficient (Wildman–Crippen LogP) is 5.46. The second kappa shape index (κ2) is 11.5. The van der Waals surface area contributed by atoms with Crippen LogP contribution < -0.4 is 5.32 Å². The number of nitrogens with one attached hydrogen (secondary N) is 1. The van der Waals surface area contributed by atoms with Crippen molar-refractivity contribution in [3.05, 3.63) is 57.1 Å². The highest BCUT2D eigenvalue weighted by atomic mass is 35.5. The number of likely N-dealkylation sites (tertiary alicyclic amines) is 1. The third kappa shape index (κ3) is 6.91. The number of amides is 2. The summed E-state index contributed by atoms with van der Waals surface area (Å²) in [6, 6.07) is 8.94. The van der Waals surface area contributed by atoms with Crippen LogP contribution in [0, 0.1) is 11.3 Å². The summed E-state index contributed by atoms with van der Waals surface area (Å²) >= 11 is 7.63. The molecule has 0 bridgehead atoms. The van der Waals surface area contributed by atoms with E-state index < -0.39 is 5.60 Å². The number of benzene rings is 1. The van der Waals surface area contributed by atoms with Gasteiger partial charge in [0.1, 0.15) is 17.4 Å². The van der Waals surface area contributed by atoms with Crippen molar-refractivity contribution in [2.24, 2.45) is 0 Å². The third-order valence-electron chi connectivity index (χ3n) is 6.11. The summed E-state index contributed by atoms with van der Waals surface area (Å²) in [5.74, 6) is -0.00618. The van der Waals surface area contributed by atoms with Gasteiger partial charge in [-0.15, -0.1) is 11.3 Å². The van der Waals surface area contributed by atoms with E-state index >= 15 is 0 Å². The van der Waals surface area contributed by atoms with Crippen molar-refractivity contribution in [2.45, 2.75) is 64.6 Å². The van der Waals surface area contributed by atoms with Crippen molar-refractivity contribution in [3.63, 3.8) is 0 Å². The Balaban J connectivity index is 1.28. The number of hydrogen-bond acceptors (Lipinski definition) is 7. The van der Waals surface area contributed by atoms with E-state index in [1.165, 1.54) is 11.3 Å². The quantitative estimate of drug-likeness (QED) is 0.432. The average Bonchev–Trinajstić information content (AvgIpc) is 3.53. The standard InChI is InChI=1S/C27H31ClN6O3S/c1-17(15-34-12-9-22(32-34)19-5-6-20(14-29)21(28)13-19)30-24(35)23-16-38-25(31-23)18-7-10-33(11-8-18)26(36)37-27(2,3)4/h5-6,9,12-13,16-18H,7-8,10-11,15H2,1-4H3,(H,30,35)/t17-/m0/s1. The summed E-state index contributed by atoms with van der Waals surface area (Å²) in [7, 11) is 0. The molecule has 0 spiro atoms. The van der Waals surface area contributed by atoms with Crippen molar-refractivity contribution in [2.75, 3.05) is 13.1 Å². The Morgan fingerprint density at radius 2 is 2.03 bits per heavy atom. The summed E-state index contributed by atoms with van der Waals surface area (Å²) < 4.78 is 7.23. The molecule has 0 unspecified atom stereocenters. The minimum atomic E-state index is -0.512. The molecule has 200 valence electrons. The molecule has 9 nitrogen and oxygen atoms in total. The van der Waals surface area contributed by atoms with Crippen LogP contribution >= 0.6 is 22.9 Å². The van der Waals surface area contributed by atoms with Gasteiger partial charge in [0.2, 0.25) is 0 Å². The van der Waals surface area contributed by atoms with Gasteiger partial charge in [-0.2, -0.15) is 10.4 Å². The summed E-state index contributed by atoms with van der Waals surface area (Å²) in [6.07, 6.45) is 3.13. The molecule has 1 aliphatic heterocycles. The lowest BCUT2D eigenvalue weighted by atomic mass is 9.98. The average molecular weight is 555 g/mol. The van der Waals surface area contributed by atoms with Crippen molar-refractivity contribution in [1.82, 2.24) is 25.0 Å². The zero-order valence-electron chi connectivity index (χ0n) is 21.9. The minimum absolute atomic E-state index is 0.179. The number of aromatic nitrogens is 3. The monoisotopic (exact) mass is 554 g/mol. The minimum Gasteiger partial charge on any atom is -0.444 e. The molecule has 1 N–H and O–H groups in total. The second-order valence-electron chi connectivity index (χ2n) is 10.4. The maximum atomic E-state index is 12.8. The van der Waals surface area contributed by atoms with E-state index in [4.69, 9.17) is 21.6 Å². The molecule has 4 rings (SSSR count). The SMILES string of the molecule is C[C@@H](Cn1ccc(-c2ccc(C#N)c(Cl)c2)n1)NC(=O)c1csc(C2CCN(C(=O)OC(C)(C)C)CC2)n1. The van der Waals surface area contributed by atoms with Crippen LogP contribution in [0.3, 0.4) is 0 Å². The second-order valence-corrected chi connectivity index (χ2v) is 11.7. The number of carbonyl (C=O) groups is 2. The molecule has 0 aliphatic carbocycles. The fourth-order valence-corrected chi connectivity index (χ4v) is 5.42. The van der Waals surface area contributed by atoms with E-state index in [0.29, 0.717) is 35.9 Å². The van der Waals surface area contributed by atoms with Crippen molar-refractivity contribution in [3.8, 4) is 17.3 Å². The van der Waals surface area contributed by atoms with Gasteiger partial charge in [-0.1, -0.05) is 17.7 Å². The molecule has 1 saturated heterocycles. The Morgan fingerprint density at radius 3 is 2.68 bits per heavy atom. The predicted molar refractivity (Wildman–Crippen MR) is 146 cm³/mol. The van der Waals surface area contributed by atoms with Gasteiger partial charge in [-0.25, -0.2) is 9.78 Å². The molecule has 1 fully saturated rings. The van der Waals surface area contributed by atoms with Crippen LogP contribution in [0.5, 0.6) is 0 Å². The zero-order valence-corrected chi connectivity index (χ0v) is 23.5. The smallest absolute Gasteiger partial charge is 0.410 e. The first-order valence-corrected chi connectivity index (χ1v) is 13.8. The molecule has 1 atom stereocenters. The van der Waals surface area contributed by atoms with E-state index in [1.54, 1.807) is 27.1 Å². The number of nitrogens with zero attached hydrogens (tertiary/aromatic N) is 5. The highest BCUT2D eigenvalue weighted by Gasteiger charge is 2.29. The van der Waals surface area contributed by atoms with Gasteiger partial charge in [-0.3, -0.25) is 9.48 Å². The number of ether oxygens (including phenoxy) is 1. The van der Waals surface area contributed by atoms with Gasteiger partial charge in [-0.05, 0) is 58.7 Å². The maximum Gasteiger partial charge on any atom is 0.410 e. The molecule has 2 aromatic heterocycles. The maximum absolute atomic E-state index is 12.8. The molecule has 0 radical (unpaired) electrons. The Labute approximate surface area is 231 Å². The number of piperidine rings is 1. The van der Waals surface area contributed by atoms with Gasteiger partial charge in [0.15, 0.2) is 0 Å². The largest absolute Gasteiger partial charge is 0.444 e. The van der Waals surface area contributed by atoms with Gasteiger partial charge in [0.25, 0.3) is 5.91 Å². The molecule has 3 aromatic rings. The topological polar surface area (TPSA) is 113 Å². The van der Waals surface area contributed by atoms with Gasteiger partial charge in [0.05, 0.1) is 27.8 Å². The van der Waals surface area contributed by atoms with E-state index in [2.05, 4.69) is 15.4 Å². The number of hydrogen-bond donors (Lipinski definition) is 1. The van der Waals surface area contributed by atoms with E-state index in [0.717, 1.165) is 29.1 Å². The van der Waals surface area contributed by atoms with Crippen LogP contribution in [0.25, 0.3) is 11.3 Å². The van der Waals surface area contributed by atoms with Crippen LogP contribution in [0.1, 0.15) is 67.5 Å². The van der Waals surface area contributed by atoms with Crippen molar-refractivity contribution < 1.29 is 14.3 Å². The first-order chi connectivity index (χ1) is 18.0. The van der Waals surface area contributed by atoms with Crippen LogP contribution in [0.2, 0.25) is 5.02 Å². The highest BCUT2D eigenvalue weighted by Crippen LogP contribution is 2.31. The molecular weight excluding hydrogens is 524 g/mol. The van der Waals surface area contributed by atoms with E-state index in [-0.39, 0.29) is 24.0 Å². The first kappa shape index (κ1) is 27.6. The molecule has 11 heteroatoms.